The van der Waals surface area contributed by atoms with Crippen molar-refractivity contribution in [1.82, 2.24) is 5.16 Å². The lowest BCUT2D eigenvalue weighted by molar-refractivity contribution is 0.454. The smallest absolute Gasteiger partial charge is 0.199 e. The maximum absolute atomic E-state index is 12.5. The molecule has 0 atom stereocenters. The van der Waals surface area contributed by atoms with Crippen molar-refractivity contribution in [2.75, 3.05) is 0 Å². The van der Waals surface area contributed by atoms with Gasteiger partial charge in [-0.2, -0.15) is 0 Å². The Balaban J connectivity index is 1.81. The Kier molecular flexibility index (Phi) is 3.24. The molecule has 4 nitrogen and oxygen atoms in total. The fraction of sp³-hybridized carbons (Fsp3) is 0. The Bertz CT molecular complexity index is 1110. The van der Waals surface area contributed by atoms with E-state index < -0.39 is 0 Å². The van der Waals surface area contributed by atoms with Gasteiger partial charge in [-0.25, -0.2) is 0 Å². The first-order chi connectivity index (χ1) is 11.2. The summed E-state index contributed by atoms with van der Waals surface area (Å²) in [5.41, 5.74) is 2.14. The highest BCUT2D eigenvalue weighted by Crippen LogP contribution is 2.21. The highest BCUT2D eigenvalue weighted by atomic mass is 35.5. The van der Waals surface area contributed by atoms with E-state index in [4.69, 9.17) is 20.5 Å². The van der Waals surface area contributed by atoms with Crippen molar-refractivity contribution in [1.29, 1.82) is 0 Å². The second-order valence-electron chi connectivity index (χ2n) is 5.06. The summed E-state index contributed by atoms with van der Waals surface area (Å²) in [5, 5.41) is 5.83. The third-order valence-corrected chi connectivity index (χ3v) is 3.82. The number of para-hydroxylation sites is 1. The average Bonchev–Trinajstić information content (AvgIpc) is 2.98. The van der Waals surface area contributed by atoms with Crippen molar-refractivity contribution in [3.8, 4) is 0 Å². The minimum Gasteiger partial charge on any atom is -0.463 e. The van der Waals surface area contributed by atoms with E-state index in [-0.39, 0.29) is 5.43 Å². The van der Waals surface area contributed by atoms with Gasteiger partial charge in [-0.1, -0.05) is 28.9 Å². The number of fused-ring (bicyclic) bond motifs is 2. The van der Waals surface area contributed by atoms with Gasteiger partial charge in [-0.15, -0.1) is 0 Å². The molecule has 0 aliphatic carbocycles. The number of halogens is 1. The predicted octanol–water partition coefficient (Wildman–Crippen LogP) is 4.76. The summed E-state index contributed by atoms with van der Waals surface area (Å²) in [4.78, 5) is 12.5. The fourth-order valence-electron chi connectivity index (χ4n) is 2.43. The maximum atomic E-state index is 12.5. The first kappa shape index (κ1) is 13.8. The average molecular weight is 324 g/mol. The van der Waals surface area contributed by atoms with Crippen LogP contribution in [0.3, 0.4) is 0 Å². The van der Waals surface area contributed by atoms with Crippen LogP contribution in [0, 0.1) is 0 Å². The van der Waals surface area contributed by atoms with E-state index in [0.717, 1.165) is 5.39 Å². The number of aromatic nitrogens is 1. The van der Waals surface area contributed by atoms with Crippen LogP contribution in [-0.2, 0) is 0 Å². The highest BCUT2D eigenvalue weighted by Gasteiger charge is 2.07. The van der Waals surface area contributed by atoms with E-state index in [1.807, 2.05) is 24.3 Å². The molecule has 0 unspecified atom stereocenters. The molecule has 4 aromatic rings. The van der Waals surface area contributed by atoms with E-state index in [1.165, 1.54) is 6.26 Å². The van der Waals surface area contributed by atoms with Crippen molar-refractivity contribution in [3.05, 3.63) is 75.2 Å². The molecule has 0 saturated carbocycles. The Hall–Kier alpha value is -2.85. The van der Waals surface area contributed by atoms with Gasteiger partial charge in [0.05, 0.1) is 10.9 Å². The van der Waals surface area contributed by atoms with Crippen LogP contribution in [0.15, 0.2) is 62.5 Å². The zero-order chi connectivity index (χ0) is 15.8. The zero-order valence-electron chi connectivity index (χ0n) is 11.8. The molecule has 2 aromatic heterocycles. The van der Waals surface area contributed by atoms with Crippen LogP contribution in [0.1, 0.15) is 11.3 Å². The van der Waals surface area contributed by atoms with Crippen LogP contribution in [0.2, 0.25) is 5.02 Å². The Labute approximate surface area is 135 Å². The number of nitrogens with zero attached hydrogens (tertiary/aromatic N) is 1. The molecule has 2 aromatic carbocycles. The van der Waals surface area contributed by atoms with Crippen LogP contribution in [0.5, 0.6) is 0 Å². The highest BCUT2D eigenvalue weighted by molar-refractivity contribution is 6.31. The molecule has 0 fully saturated rings. The third kappa shape index (κ3) is 2.43. The molecule has 0 aliphatic rings. The lowest BCUT2D eigenvalue weighted by atomic mass is 10.1. The molecule has 5 heteroatoms. The van der Waals surface area contributed by atoms with Crippen molar-refractivity contribution >= 4 is 45.7 Å². The number of hydrogen-bond acceptors (Lipinski definition) is 4. The molecule has 0 radical (unpaired) electrons. The first-order valence-corrected chi connectivity index (χ1v) is 7.34. The normalized spacial score (nSPS) is 11.7. The van der Waals surface area contributed by atoms with Crippen molar-refractivity contribution < 1.29 is 8.94 Å². The summed E-state index contributed by atoms with van der Waals surface area (Å²) in [6.45, 7) is 0. The first-order valence-electron chi connectivity index (χ1n) is 6.96. The molecule has 112 valence electrons. The topological polar surface area (TPSA) is 56.2 Å². The van der Waals surface area contributed by atoms with Gasteiger partial charge in [0, 0.05) is 10.4 Å². The van der Waals surface area contributed by atoms with Crippen molar-refractivity contribution in [3.63, 3.8) is 0 Å². The zero-order valence-corrected chi connectivity index (χ0v) is 12.6. The van der Waals surface area contributed by atoms with Gasteiger partial charge in [0.2, 0.25) is 0 Å². The van der Waals surface area contributed by atoms with Crippen LogP contribution in [0.4, 0.5) is 0 Å². The molecule has 0 bridgehead atoms. The summed E-state index contributed by atoms with van der Waals surface area (Å²) in [6.07, 6.45) is 4.82. The second-order valence-corrected chi connectivity index (χ2v) is 5.49. The van der Waals surface area contributed by atoms with E-state index in [9.17, 15) is 4.79 Å². The van der Waals surface area contributed by atoms with Crippen LogP contribution < -0.4 is 5.43 Å². The quantitative estimate of drug-likeness (QED) is 0.533. The van der Waals surface area contributed by atoms with Crippen LogP contribution in [0.25, 0.3) is 34.1 Å². The monoisotopic (exact) mass is 323 g/mol. The van der Waals surface area contributed by atoms with Gasteiger partial charge in [-0.05, 0) is 42.5 Å². The van der Waals surface area contributed by atoms with Gasteiger partial charge < -0.3 is 8.94 Å². The second kappa shape index (κ2) is 5.41. The molecule has 0 saturated heterocycles. The minimum atomic E-state index is -0.141. The standard InChI is InChI=1S/C18H10ClNO3/c19-12-6-8-16-14(9-12)18(21)11(10-22-16)5-7-15-13-3-1-2-4-17(13)23-20-15/h1-10H/b7-5+. The largest absolute Gasteiger partial charge is 0.463 e. The van der Waals surface area contributed by atoms with Crippen molar-refractivity contribution in [2.45, 2.75) is 0 Å². The van der Waals surface area contributed by atoms with Crippen LogP contribution in [-0.4, -0.2) is 5.16 Å². The molecule has 0 N–H and O–H groups in total. The molecular formula is C18H10ClNO3. The molecule has 23 heavy (non-hydrogen) atoms. The summed E-state index contributed by atoms with van der Waals surface area (Å²) >= 11 is 5.95. The number of hydrogen-bond donors (Lipinski definition) is 0. The summed E-state index contributed by atoms with van der Waals surface area (Å²) in [6, 6.07) is 12.5. The van der Waals surface area contributed by atoms with E-state index in [1.54, 1.807) is 30.4 Å². The maximum Gasteiger partial charge on any atom is 0.199 e. The summed E-state index contributed by atoms with van der Waals surface area (Å²) < 4.78 is 10.7. The fourth-order valence-corrected chi connectivity index (χ4v) is 2.60. The van der Waals surface area contributed by atoms with E-state index in [2.05, 4.69) is 5.16 Å². The van der Waals surface area contributed by atoms with Gasteiger partial charge in [0.25, 0.3) is 0 Å². The van der Waals surface area contributed by atoms with Gasteiger partial charge >= 0.3 is 0 Å². The lowest BCUT2D eigenvalue weighted by Crippen LogP contribution is -2.04. The molecule has 4 rings (SSSR count). The summed E-state index contributed by atoms with van der Waals surface area (Å²) in [7, 11) is 0. The van der Waals surface area contributed by atoms with Crippen molar-refractivity contribution in [2.24, 2.45) is 0 Å². The number of benzene rings is 2. The molecule has 2 heterocycles. The van der Waals surface area contributed by atoms with Gasteiger partial charge in [0.15, 0.2) is 11.0 Å². The van der Waals surface area contributed by atoms with E-state index >= 15 is 0 Å². The Morgan fingerprint density at radius 1 is 1.00 bits per heavy atom. The predicted molar refractivity (Wildman–Crippen MR) is 90.4 cm³/mol. The molecular weight excluding hydrogens is 314 g/mol. The SMILES string of the molecule is O=c1c(/C=C/c2noc3ccccc23)coc2ccc(Cl)cc12. The third-order valence-electron chi connectivity index (χ3n) is 3.59. The molecule has 0 spiro atoms. The lowest BCUT2D eigenvalue weighted by Gasteiger charge is -1.98. The molecule has 0 amide bonds. The van der Waals surface area contributed by atoms with Gasteiger partial charge in [0.1, 0.15) is 17.5 Å². The van der Waals surface area contributed by atoms with E-state index in [0.29, 0.717) is 32.8 Å². The van der Waals surface area contributed by atoms with Gasteiger partial charge in [-0.3, -0.25) is 4.79 Å². The Morgan fingerprint density at radius 2 is 1.87 bits per heavy atom. The summed E-state index contributed by atoms with van der Waals surface area (Å²) in [5.74, 6) is 0. The minimum absolute atomic E-state index is 0.141. The Morgan fingerprint density at radius 3 is 2.78 bits per heavy atom. The van der Waals surface area contributed by atoms with Crippen LogP contribution >= 0.6 is 11.6 Å². The molecule has 0 aliphatic heterocycles. The number of rotatable bonds is 2.